The van der Waals surface area contributed by atoms with Gasteiger partial charge in [0.05, 0.1) is 5.56 Å². The van der Waals surface area contributed by atoms with Crippen LogP contribution in [0.3, 0.4) is 0 Å². The fourth-order valence-electron chi connectivity index (χ4n) is 2.90. The number of halogens is 3. The molecule has 3 rings (SSSR count). The van der Waals surface area contributed by atoms with Crippen LogP contribution < -0.4 is 10.4 Å². The van der Waals surface area contributed by atoms with Gasteiger partial charge in [-0.15, -0.1) is 5.10 Å². The number of nitrogens with zero attached hydrogens (tertiary/aromatic N) is 4. The van der Waals surface area contributed by atoms with Gasteiger partial charge in [-0.25, -0.2) is 4.68 Å². The summed E-state index contributed by atoms with van der Waals surface area (Å²) in [5.41, 5.74) is 2.01. The van der Waals surface area contributed by atoms with Crippen LogP contribution in [0.5, 0.6) is 0 Å². The van der Waals surface area contributed by atoms with E-state index >= 15 is 0 Å². The zero-order chi connectivity index (χ0) is 18.4. The van der Waals surface area contributed by atoms with Crippen molar-refractivity contribution in [3.05, 3.63) is 45.7 Å². The van der Waals surface area contributed by atoms with E-state index in [9.17, 15) is 13.2 Å². The van der Waals surface area contributed by atoms with Crippen molar-refractivity contribution in [2.75, 3.05) is 11.4 Å². The minimum Gasteiger partial charge on any atom is -0.350 e. The van der Waals surface area contributed by atoms with E-state index in [2.05, 4.69) is 10.1 Å². The maximum Gasteiger partial charge on any atom is 0.417 e. The molecular formula is C16H17F3N6. The topological polar surface area (TPSA) is 81.7 Å². The molecule has 0 aliphatic carbocycles. The van der Waals surface area contributed by atoms with E-state index in [-0.39, 0.29) is 12.0 Å². The van der Waals surface area contributed by atoms with Gasteiger partial charge in [-0.1, -0.05) is 0 Å². The number of fused-ring (bicyclic) bond motifs is 1. The molecule has 1 aliphatic rings. The smallest absolute Gasteiger partial charge is 0.350 e. The molecule has 0 amide bonds. The number of hydrogen-bond donors (Lipinski definition) is 2. The van der Waals surface area contributed by atoms with Crippen LogP contribution in [0.15, 0.2) is 12.3 Å². The Morgan fingerprint density at radius 1 is 1.24 bits per heavy atom. The molecule has 0 radical (unpaired) electrons. The Morgan fingerprint density at radius 2 is 1.96 bits per heavy atom. The standard InChI is InChI=1S/C16H17F3N6/c1-9-10(2)15(23-25(8-20)14(9)21)24-4-3-13-11(7-24)5-12(6-22-13)16(17,18)19/h5-6,8,20-21H,3-4,7H2,1-2H3. The van der Waals surface area contributed by atoms with Crippen LogP contribution in [0.4, 0.5) is 19.0 Å². The van der Waals surface area contributed by atoms with Gasteiger partial charge in [-0.3, -0.25) is 15.8 Å². The summed E-state index contributed by atoms with van der Waals surface area (Å²) in [6.07, 6.45) is -2.09. The quantitative estimate of drug-likeness (QED) is 0.645. The highest BCUT2D eigenvalue weighted by atomic mass is 19.4. The molecule has 0 saturated heterocycles. The second-order valence-corrected chi connectivity index (χ2v) is 6.00. The number of rotatable bonds is 2. The van der Waals surface area contributed by atoms with E-state index in [1.54, 1.807) is 6.92 Å². The van der Waals surface area contributed by atoms with Crippen LogP contribution in [-0.4, -0.2) is 27.6 Å². The summed E-state index contributed by atoms with van der Waals surface area (Å²) >= 11 is 0. The first kappa shape index (κ1) is 17.1. The van der Waals surface area contributed by atoms with Crippen LogP contribution in [0.2, 0.25) is 0 Å². The molecule has 0 saturated carbocycles. The average molecular weight is 350 g/mol. The summed E-state index contributed by atoms with van der Waals surface area (Å²) in [5, 5.41) is 19.6. The van der Waals surface area contributed by atoms with Gasteiger partial charge in [0.1, 0.15) is 6.34 Å². The van der Waals surface area contributed by atoms with Gasteiger partial charge in [0.25, 0.3) is 0 Å². The predicted octanol–water partition coefficient (Wildman–Crippen LogP) is 2.41. The van der Waals surface area contributed by atoms with Crippen molar-refractivity contribution in [3.63, 3.8) is 0 Å². The zero-order valence-electron chi connectivity index (χ0n) is 13.8. The lowest BCUT2D eigenvalue weighted by molar-refractivity contribution is -0.137. The summed E-state index contributed by atoms with van der Waals surface area (Å²) in [6.45, 7) is 4.41. The van der Waals surface area contributed by atoms with Gasteiger partial charge >= 0.3 is 6.18 Å². The largest absolute Gasteiger partial charge is 0.417 e. The highest BCUT2D eigenvalue weighted by Gasteiger charge is 2.32. The normalized spacial score (nSPS) is 14.4. The maximum atomic E-state index is 12.9. The Bertz CT molecular complexity index is 900. The van der Waals surface area contributed by atoms with Crippen LogP contribution >= 0.6 is 0 Å². The molecule has 9 heteroatoms. The molecule has 0 unspecified atom stereocenters. The minimum absolute atomic E-state index is 0.120. The van der Waals surface area contributed by atoms with Crippen LogP contribution in [0.1, 0.15) is 27.9 Å². The second-order valence-electron chi connectivity index (χ2n) is 6.00. The number of nitrogens with one attached hydrogen (secondary N) is 2. The summed E-state index contributed by atoms with van der Waals surface area (Å²) < 4.78 is 39.9. The first-order chi connectivity index (χ1) is 11.7. The Labute approximate surface area is 142 Å². The van der Waals surface area contributed by atoms with Crippen molar-refractivity contribution >= 4 is 12.2 Å². The Balaban J connectivity index is 2.02. The molecular weight excluding hydrogens is 333 g/mol. The van der Waals surface area contributed by atoms with Crippen LogP contribution in [-0.2, 0) is 19.1 Å². The summed E-state index contributed by atoms with van der Waals surface area (Å²) in [5.74, 6) is 0.570. The molecule has 25 heavy (non-hydrogen) atoms. The molecule has 0 bridgehead atoms. The van der Waals surface area contributed by atoms with Crippen molar-refractivity contribution in [2.24, 2.45) is 0 Å². The maximum absolute atomic E-state index is 12.9. The number of aromatic nitrogens is 3. The van der Waals surface area contributed by atoms with Gasteiger partial charge in [0.15, 0.2) is 11.3 Å². The summed E-state index contributed by atoms with van der Waals surface area (Å²) in [4.78, 5) is 5.83. The van der Waals surface area contributed by atoms with Crippen molar-refractivity contribution in [3.8, 4) is 0 Å². The Kier molecular flexibility index (Phi) is 4.09. The number of hydrogen-bond acceptors (Lipinski definition) is 5. The molecule has 0 spiro atoms. The molecule has 2 N–H and O–H groups in total. The van der Waals surface area contributed by atoms with Gasteiger partial charge < -0.3 is 4.90 Å². The fraction of sp³-hybridized carbons (Fsp3) is 0.375. The lowest BCUT2D eigenvalue weighted by Crippen LogP contribution is -2.36. The fourth-order valence-corrected chi connectivity index (χ4v) is 2.90. The monoisotopic (exact) mass is 350 g/mol. The van der Waals surface area contributed by atoms with Crippen molar-refractivity contribution in [2.45, 2.75) is 33.0 Å². The molecule has 132 valence electrons. The highest BCUT2D eigenvalue weighted by Crippen LogP contribution is 2.32. The molecule has 2 aromatic heterocycles. The lowest BCUT2D eigenvalue weighted by atomic mass is 10.0. The lowest BCUT2D eigenvalue weighted by Gasteiger charge is -2.31. The van der Waals surface area contributed by atoms with E-state index < -0.39 is 11.7 Å². The van der Waals surface area contributed by atoms with Crippen molar-refractivity contribution < 1.29 is 13.2 Å². The van der Waals surface area contributed by atoms with E-state index in [0.717, 1.165) is 28.8 Å². The number of alkyl halides is 3. The van der Waals surface area contributed by atoms with Gasteiger partial charge in [0.2, 0.25) is 0 Å². The third-order valence-electron chi connectivity index (χ3n) is 4.47. The third kappa shape index (κ3) is 3.01. The number of anilines is 1. The molecule has 6 nitrogen and oxygen atoms in total. The average Bonchev–Trinajstić information content (AvgIpc) is 2.58. The van der Waals surface area contributed by atoms with Crippen molar-refractivity contribution in [1.82, 2.24) is 14.8 Å². The molecule has 0 fully saturated rings. The summed E-state index contributed by atoms with van der Waals surface area (Å²) in [7, 11) is 0. The van der Waals surface area contributed by atoms with Crippen LogP contribution in [0.25, 0.3) is 0 Å². The zero-order valence-corrected chi connectivity index (χ0v) is 13.8. The molecule has 0 aromatic carbocycles. The second kappa shape index (κ2) is 5.98. The van der Waals surface area contributed by atoms with Crippen LogP contribution in [0, 0.1) is 24.7 Å². The summed E-state index contributed by atoms with van der Waals surface area (Å²) in [6, 6.07) is 1.14. The van der Waals surface area contributed by atoms with Gasteiger partial charge in [0, 0.05) is 37.0 Å². The molecule has 3 heterocycles. The third-order valence-corrected chi connectivity index (χ3v) is 4.47. The predicted molar refractivity (Wildman–Crippen MR) is 85.7 cm³/mol. The molecule has 0 atom stereocenters. The number of pyridine rings is 1. The van der Waals surface area contributed by atoms with E-state index in [1.165, 1.54) is 0 Å². The van der Waals surface area contributed by atoms with E-state index in [1.807, 2.05) is 11.8 Å². The first-order valence-electron chi connectivity index (χ1n) is 7.67. The van der Waals surface area contributed by atoms with Gasteiger partial charge in [-0.05, 0) is 31.0 Å². The Morgan fingerprint density at radius 3 is 2.60 bits per heavy atom. The van der Waals surface area contributed by atoms with Crippen molar-refractivity contribution in [1.29, 1.82) is 10.8 Å². The van der Waals surface area contributed by atoms with E-state index in [0.29, 0.717) is 35.6 Å². The van der Waals surface area contributed by atoms with Gasteiger partial charge in [-0.2, -0.15) is 13.2 Å². The Hall–Kier alpha value is -2.71. The first-order valence-corrected chi connectivity index (χ1v) is 7.67. The molecule has 2 aromatic rings. The highest BCUT2D eigenvalue weighted by molar-refractivity contribution is 5.57. The minimum atomic E-state index is -4.43. The molecule has 1 aliphatic heterocycles. The van der Waals surface area contributed by atoms with E-state index in [4.69, 9.17) is 10.8 Å². The SMILES string of the molecule is Cc1c(N2CCc3ncc(C(F)(F)F)cc3C2)nn(C=N)c(=N)c1C.